The summed E-state index contributed by atoms with van der Waals surface area (Å²) in [6.07, 6.45) is 4.93. The van der Waals surface area contributed by atoms with E-state index in [1.807, 2.05) is 31.1 Å². The van der Waals surface area contributed by atoms with Crippen LogP contribution in [0.15, 0.2) is 46.2 Å². The molecule has 0 aliphatic carbocycles. The van der Waals surface area contributed by atoms with Crippen LogP contribution in [-0.2, 0) is 6.54 Å². The van der Waals surface area contributed by atoms with E-state index in [2.05, 4.69) is 9.97 Å². The van der Waals surface area contributed by atoms with Crippen LogP contribution in [0.25, 0.3) is 20.4 Å². The Bertz CT molecular complexity index is 1050. The molecule has 7 heteroatoms. The molecule has 0 aromatic carbocycles. The molecule has 4 aromatic heterocycles. The maximum absolute atomic E-state index is 12.8. The van der Waals surface area contributed by atoms with Crippen molar-refractivity contribution < 1.29 is 4.42 Å². The van der Waals surface area contributed by atoms with Crippen LogP contribution >= 0.6 is 11.3 Å². The molecule has 0 unspecified atom stereocenters. The average Bonchev–Trinajstić information content (AvgIpc) is 3.17. The first-order valence-corrected chi connectivity index (χ1v) is 7.93. The minimum atomic E-state index is -0.0703. The molecule has 0 radical (unpaired) electrons. The summed E-state index contributed by atoms with van der Waals surface area (Å²) >= 11 is 1.38. The zero-order chi connectivity index (χ0) is 16.0. The Hall–Kier alpha value is -2.67. The molecule has 6 nitrogen and oxygen atoms in total. The van der Waals surface area contributed by atoms with Crippen molar-refractivity contribution in [3.05, 3.63) is 53.1 Å². The van der Waals surface area contributed by atoms with Crippen LogP contribution in [0.3, 0.4) is 0 Å². The standard InChI is InChI=1S/C16H14N4O2S/c1-19(2)11-5-6-17-15-12(11)13-14(23-15)16(21)20(9-18-13)8-10-4-3-7-22-10/h3-7,9H,8H2,1-2H3. The van der Waals surface area contributed by atoms with E-state index in [1.54, 1.807) is 29.4 Å². The zero-order valence-corrected chi connectivity index (χ0v) is 13.5. The fraction of sp³-hybridized carbons (Fsp3) is 0.188. The summed E-state index contributed by atoms with van der Waals surface area (Å²) in [6, 6.07) is 5.58. The molecule has 0 N–H and O–H groups in total. The molecule has 0 bridgehead atoms. The molecule has 4 heterocycles. The van der Waals surface area contributed by atoms with Gasteiger partial charge in [0.1, 0.15) is 15.3 Å². The van der Waals surface area contributed by atoms with Gasteiger partial charge in [-0.15, -0.1) is 11.3 Å². The third-order valence-electron chi connectivity index (χ3n) is 3.71. The van der Waals surface area contributed by atoms with Crippen molar-refractivity contribution in [2.24, 2.45) is 0 Å². The molecule has 0 spiro atoms. The lowest BCUT2D eigenvalue weighted by Gasteiger charge is -2.13. The quantitative estimate of drug-likeness (QED) is 0.579. The number of fused-ring (bicyclic) bond motifs is 3. The van der Waals surface area contributed by atoms with Gasteiger partial charge >= 0.3 is 0 Å². The van der Waals surface area contributed by atoms with Crippen LogP contribution in [0.4, 0.5) is 5.69 Å². The van der Waals surface area contributed by atoms with Gasteiger partial charge in [-0.2, -0.15) is 0 Å². The molecule has 0 amide bonds. The van der Waals surface area contributed by atoms with Crippen LogP contribution in [0, 0.1) is 0 Å². The third-order valence-corrected chi connectivity index (χ3v) is 4.79. The molecular weight excluding hydrogens is 312 g/mol. The van der Waals surface area contributed by atoms with Gasteiger partial charge in [0, 0.05) is 20.3 Å². The fourth-order valence-corrected chi connectivity index (χ4v) is 3.69. The summed E-state index contributed by atoms with van der Waals surface area (Å²) in [5.74, 6) is 0.724. The van der Waals surface area contributed by atoms with Crippen molar-refractivity contribution in [3.63, 3.8) is 0 Å². The smallest absolute Gasteiger partial charge is 0.271 e. The average molecular weight is 326 g/mol. The Balaban J connectivity index is 1.96. The third kappa shape index (κ3) is 2.20. The summed E-state index contributed by atoms with van der Waals surface area (Å²) in [6.45, 7) is 0.372. The van der Waals surface area contributed by atoms with Gasteiger partial charge in [0.15, 0.2) is 0 Å². The summed E-state index contributed by atoms with van der Waals surface area (Å²) in [4.78, 5) is 24.5. The first-order valence-electron chi connectivity index (χ1n) is 7.11. The number of rotatable bonds is 3. The molecule has 0 fully saturated rings. The van der Waals surface area contributed by atoms with E-state index in [4.69, 9.17) is 4.42 Å². The van der Waals surface area contributed by atoms with Crippen molar-refractivity contribution >= 4 is 37.5 Å². The Morgan fingerprint density at radius 2 is 2.17 bits per heavy atom. The van der Waals surface area contributed by atoms with Gasteiger partial charge in [-0.3, -0.25) is 9.36 Å². The molecule has 116 valence electrons. The van der Waals surface area contributed by atoms with Gasteiger partial charge in [0.2, 0.25) is 0 Å². The van der Waals surface area contributed by atoms with Gasteiger partial charge in [0.05, 0.1) is 35.7 Å². The second-order valence-electron chi connectivity index (χ2n) is 5.44. The summed E-state index contributed by atoms with van der Waals surface area (Å²) in [5, 5.41) is 0.930. The van der Waals surface area contributed by atoms with Crippen molar-refractivity contribution in [1.29, 1.82) is 0 Å². The van der Waals surface area contributed by atoms with Crippen LogP contribution in [0.2, 0.25) is 0 Å². The van der Waals surface area contributed by atoms with E-state index >= 15 is 0 Å². The first kappa shape index (κ1) is 14.0. The van der Waals surface area contributed by atoms with Crippen LogP contribution < -0.4 is 10.5 Å². The minimum absolute atomic E-state index is 0.0703. The predicted octanol–water partition coefficient (Wildman–Crippen LogP) is 2.71. The lowest BCUT2D eigenvalue weighted by molar-refractivity contribution is 0.489. The molecule has 4 aromatic rings. The summed E-state index contributed by atoms with van der Waals surface area (Å²) in [5.41, 5.74) is 1.65. The van der Waals surface area contributed by atoms with E-state index in [9.17, 15) is 4.79 Å². The Labute approximate surface area is 135 Å². The Morgan fingerprint density at radius 1 is 1.30 bits per heavy atom. The molecule has 0 atom stereocenters. The van der Waals surface area contributed by atoms with Gasteiger partial charge < -0.3 is 9.32 Å². The van der Waals surface area contributed by atoms with Crippen molar-refractivity contribution in [2.75, 3.05) is 19.0 Å². The van der Waals surface area contributed by atoms with E-state index < -0.39 is 0 Å². The number of hydrogen-bond donors (Lipinski definition) is 0. The van der Waals surface area contributed by atoms with E-state index in [0.29, 0.717) is 16.8 Å². The number of nitrogens with zero attached hydrogens (tertiary/aromatic N) is 4. The van der Waals surface area contributed by atoms with Crippen molar-refractivity contribution in [3.8, 4) is 0 Å². The Morgan fingerprint density at radius 3 is 2.91 bits per heavy atom. The van der Waals surface area contributed by atoms with E-state index in [-0.39, 0.29) is 5.56 Å². The topological polar surface area (TPSA) is 64.2 Å². The molecule has 0 saturated carbocycles. The zero-order valence-electron chi connectivity index (χ0n) is 12.7. The highest BCUT2D eigenvalue weighted by Crippen LogP contribution is 2.34. The van der Waals surface area contributed by atoms with Crippen molar-refractivity contribution in [2.45, 2.75) is 6.54 Å². The first-order chi connectivity index (χ1) is 11.1. The minimum Gasteiger partial charge on any atom is -0.467 e. The number of aromatic nitrogens is 3. The van der Waals surface area contributed by atoms with Crippen molar-refractivity contribution in [1.82, 2.24) is 14.5 Å². The molecule has 23 heavy (non-hydrogen) atoms. The maximum Gasteiger partial charge on any atom is 0.271 e. The summed E-state index contributed by atoms with van der Waals surface area (Å²) in [7, 11) is 3.94. The second-order valence-corrected chi connectivity index (χ2v) is 6.44. The number of thiophene rings is 1. The van der Waals surface area contributed by atoms with Crippen LogP contribution in [0.1, 0.15) is 5.76 Å². The number of furan rings is 1. The largest absolute Gasteiger partial charge is 0.467 e. The Kier molecular flexibility index (Phi) is 3.16. The molecule has 4 rings (SSSR count). The van der Waals surface area contributed by atoms with Gasteiger partial charge in [-0.05, 0) is 18.2 Å². The fourth-order valence-electron chi connectivity index (χ4n) is 2.63. The highest BCUT2D eigenvalue weighted by molar-refractivity contribution is 7.25. The van der Waals surface area contributed by atoms with Gasteiger partial charge in [-0.25, -0.2) is 9.97 Å². The molecular formula is C16H14N4O2S. The number of anilines is 1. The number of pyridine rings is 1. The highest BCUT2D eigenvalue weighted by Gasteiger charge is 2.16. The highest BCUT2D eigenvalue weighted by atomic mass is 32.1. The molecule has 0 saturated heterocycles. The van der Waals surface area contributed by atoms with E-state index in [0.717, 1.165) is 21.7 Å². The van der Waals surface area contributed by atoms with Gasteiger partial charge in [-0.1, -0.05) is 0 Å². The van der Waals surface area contributed by atoms with Crippen LogP contribution in [-0.4, -0.2) is 28.6 Å². The normalized spacial score (nSPS) is 11.4. The summed E-state index contributed by atoms with van der Waals surface area (Å²) < 4.78 is 7.49. The molecule has 0 aliphatic rings. The second kappa shape index (κ2) is 5.20. The van der Waals surface area contributed by atoms with Crippen LogP contribution in [0.5, 0.6) is 0 Å². The predicted molar refractivity (Wildman–Crippen MR) is 91.3 cm³/mol. The number of hydrogen-bond acceptors (Lipinski definition) is 6. The van der Waals surface area contributed by atoms with E-state index in [1.165, 1.54) is 11.3 Å². The van der Waals surface area contributed by atoms with Gasteiger partial charge in [0.25, 0.3) is 5.56 Å². The monoisotopic (exact) mass is 326 g/mol. The maximum atomic E-state index is 12.8. The lowest BCUT2D eigenvalue weighted by atomic mass is 10.2. The lowest BCUT2D eigenvalue weighted by Crippen LogP contribution is -2.20. The SMILES string of the molecule is CN(C)c1ccnc2sc3c(=O)n(Cc4ccco4)cnc3c12. The molecule has 0 aliphatic heterocycles.